The Morgan fingerprint density at radius 2 is 0.880 bits per heavy atom. The summed E-state index contributed by atoms with van der Waals surface area (Å²) in [5.41, 5.74) is -17.3. The van der Waals surface area contributed by atoms with Gasteiger partial charge in [0.25, 0.3) is 11.4 Å². The first-order chi connectivity index (χ1) is 23.0. The highest BCUT2D eigenvalue weighted by Crippen LogP contribution is 2.54. The number of nitro groups is 9. The highest BCUT2D eigenvalue weighted by Gasteiger charge is 2.48. The summed E-state index contributed by atoms with van der Waals surface area (Å²) in [6, 6.07) is -0.343. The molecular formula is C18H5N9O22S. The Labute approximate surface area is 266 Å². The number of benzene rings is 3. The van der Waals surface area contributed by atoms with E-state index in [0.717, 1.165) is 0 Å². The minimum atomic E-state index is -6.34. The lowest BCUT2D eigenvalue weighted by Gasteiger charge is -2.12. The van der Waals surface area contributed by atoms with Crippen LogP contribution in [-0.4, -0.2) is 52.7 Å². The van der Waals surface area contributed by atoms with Gasteiger partial charge in [-0.05, 0) is 6.07 Å². The van der Waals surface area contributed by atoms with Crippen molar-refractivity contribution in [3.05, 3.63) is 121 Å². The Kier molecular flexibility index (Phi) is 9.36. The minimum absolute atomic E-state index is 0.000952. The van der Waals surface area contributed by atoms with Crippen molar-refractivity contribution in [2.45, 2.75) is 4.90 Å². The fourth-order valence-electron chi connectivity index (χ4n) is 3.83. The third kappa shape index (κ3) is 6.53. The van der Waals surface area contributed by atoms with Gasteiger partial charge in [-0.1, -0.05) is 0 Å². The van der Waals surface area contributed by atoms with Crippen molar-refractivity contribution < 1.29 is 61.6 Å². The Hall–Kier alpha value is -8.19. The van der Waals surface area contributed by atoms with Gasteiger partial charge in [0.2, 0.25) is 5.75 Å². The van der Waals surface area contributed by atoms with Crippen LogP contribution in [0.15, 0.2) is 35.2 Å². The molecule has 0 aliphatic carbocycles. The molecule has 3 rings (SSSR count). The molecule has 0 saturated heterocycles. The molecule has 0 atom stereocenters. The second kappa shape index (κ2) is 12.9. The summed E-state index contributed by atoms with van der Waals surface area (Å²) in [6.07, 6.45) is 0. The molecule has 3 aromatic rings. The molecular weight excluding hydrogens is 726 g/mol. The Morgan fingerprint density at radius 1 is 0.440 bits per heavy atom. The molecule has 31 nitrogen and oxygen atoms in total. The largest absolute Gasteiger partial charge is 0.436 e. The zero-order valence-corrected chi connectivity index (χ0v) is 23.6. The predicted octanol–water partition coefficient (Wildman–Crippen LogP) is 3.42. The van der Waals surface area contributed by atoms with Crippen LogP contribution in [0, 0.1) is 91.0 Å². The fourth-order valence-corrected chi connectivity index (χ4v) is 4.94. The van der Waals surface area contributed by atoms with Gasteiger partial charge < -0.3 is 8.92 Å². The third-order valence-electron chi connectivity index (χ3n) is 5.70. The molecule has 0 heterocycles. The molecule has 32 heteroatoms. The quantitative estimate of drug-likeness (QED) is 0.130. The van der Waals surface area contributed by atoms with Crippen LogP contribution in [0.1, 0.15) is 0 Å². The van der Waals surface area contributed by atoms with Gasteiger partial charge in [0.05, 0.1) is 62.5 Å². The molecule has 0 fully saturated rings. The van der Waals surface area contributed by atoms with E-state index in [2.05, 4.69) is 4.18 Å². The van der Waals surface area contributed by atoms with Gasteiger partial charge in [0, 0.05) is 6.07 Å². The number of non-ortho nitro benzene ring substituents is 1. The molecule has 260 valence electrons. The molecule has 50 heavy (non-hydrogen) atoms. The summed E-state index contributed by atoms with van der Waals surface area (Å²) in [5.74, 6) is -6.04. The number of rotatable bonds is 14. The highest BCUT2D eigenvalue weighted by molar-refractivity contribution is 7.87. The maximum absolute atomic E-state index is 13.3. The zero-order chi connectivity index (χ0) is 38.2. The van der Waals surface area contributed by atoms with E-state index in [0.29, 0.717) is 0 Å². The van der Waals surface area contributed by atoms with Crippen molar-refractivity contribution in [3.8, 4) is 17.2 Å². The SMILES string of the molecule is O=[N+]([O-])c1cc([N+](=O)[O-])c(Oc2cc([N+](=O)[O-])c([N+](=O)[O-])c(OS(=O)(=O)c3ccc([N+](=O)[O-])c([N+](=O)[O-])c3[N+](=O)[O-])c2[N+](=O)[O-])c([N+](=O)[O-])c1. The summed E-state index contributed by atoms with van der Waals surface area (Å²) >= 11 is 0. The lowest BCUT2D eigenvalue weighted by molar-refractivity contribution is -0.442. The smallest absolute Gasteiger partial charge is 0.423 e. The van der Waals surface area contributed by atoms with E-state index in [1.54, 1.807) is 0 Å². The van der Waals surface area contributed by atoms with Crippen LogP contribution in [0.25, 0.3) is 0 Å². The van der Waals surface area contributed by atoms with Gasteiger partial charge in [0.15, 0.2) is 4.90 Å². The molecule has 0 saturated carbocycles. The van der Waals surface area contributed by atoms with Crippen LogP contribution < -0.4 is 8.92 Å². The van der Waals surface area contributed by atoms with Crippen LogP contribution in [-0.2, 0) is 10.1 Å². The maximum atomic E-state index is 13.3. The molecule has 0 aromatic heterocycles. The first-order valence-corrected chi connectivity index (χ1v) is 12.9. The summed E-state index contributed by atoms with van der Waals surface area (Å²) < 4.78 is 35.6. The topological polar surface area (TPSA) is 441 Å². The van der Waals surface area contributed by atoms with E-state index in [-0.39, 0.29) is 30.3 Å². The van der Waals surface area contributed by atoms with E-state index in [9.17, 15) is 99.4 Å². The number of ether oxygens (including phenoxy) is 1. The molecule has 0 aliphatic heterocycles. The van der Waals surface area contributed by atoms with Crippen LogP contribution in [0.3, 0.4) is 0 Å². The van der Waals surface area contributed by atoms with Crippen LogP contribution in [0.2, 0.25) is 0 Å². The second-order valence-corrected chi connectivity index (χ2v) is 9.98. The van der Waals surface area contributed by atoms with Crippen molar-refractivity contribution in [3.63, 3.8) is 0 Å². The summed E-state index contributed by atoms with van der Waals surface area (Å²) in [5, 5.41) is 105. The molecule has 0 radical (unpaired) electrons. The van der Waals surface area contributed by atoms with Gasteiger partial charge in [-0.2, -0.15) is 8.42 Å². The van der Waals surface area contributed by atoms with E-state index in [1.165, 1.54) is 0 Å². The third-order valence-corrected chi connectivity index (χ3v) is 6.96. The van der Waals surface area contributed by atoms with E-state index in [1.807, 2.05) is 0 Å². The lowest BCUT2D eigenvalue weighted by atomic mass is 10.2. The van der Waals surface area contributed by atoms with Gasteiger partial charge in [-0.3, -0.25) is 91.0 Å². The summed E-state index contributed by atoms with van der Waals surface area (Å²) in [6.45, 7) is 0. The molecule has 0 N–H and O–H groups in total. The monoisotopic (exact) mass is 731 g/mol. The summed E-state index contributed by atoms with van der Waals surface area (Å²) in [4.78, 5) is 87.3. The number of hydrogen-bond donors (Lipinski definition) is 0. The van der Waals surface area contributed by atoms with E-state index in [4.69, 9.17) is 4.74 Å². The maximum Gasteiger partial charge on any atom is 0.423 e. The Balaban J connectivity index is 2.54. The van der Waals surface area contributed by atoms with Crippen molar-refractivity contribution in [1.82, 2.24) is 0 Å². The van der Waals surface area contributed by atoms with Crippen molar-refractivity contribution in [2.24, 2.45) is 0 Å². The number of nitro benzene ring substituents is 9. The van der Waals surface area contributed by atoms with Crippen LogP contribution in [0.5, 0.6) is 17.2 Å². The van der Waals surface area contributed by atoms with Crippen molar-refractivity contribution >= 4 is 61.3 Å². The summed E-state index contributed by atoms with van der Waals surface area (Å²) in [7, 11) is -6.34. The van der Waals surface area contributed by atoms with Crippen molar-refractivity contribution in [2.75, 3.05) is 0 Å². The fraction of sp³-hybridized carbons (Fsp3) is 0. The Morgan fingerprint density at radius 3 is 1.26 bits per heavy atom. The average Bonchev–Trinajstić information content (AvgIpc) is 2.98. The average molecular weight is 731 g/mol. The number of nitrogens with zero attached hydrogens (tertiary/aromatic N) is 9. The highest BCUT2D eigenvalue weighted by atomic mass is 32.2. The standard InChI is InChI=1S/C18H5N9O22S/c28-19(29)6-3-9(22(34)35)17(10(4-6)23(36)37)48-11-5-8(21(32)33)14(25(40)41)18(15(11)26(42)43)49-50(46,47)12-2-1-7(20(30)31)13(24(38)39)16(12)27(44)45/h1-5H. The normalized spacial score (nSPS) is 10.8. The first kappa shape index (κ1) is 36.3. The van der Waals surface area contributed by atoms with Crippen molar-refractivity contribution in [1.29, 1.82) is 0 Å². The van der Waals surface area contributed by atoms with Gasteiger partial charge in [-0.25, -0.2) is 0 Å². The molecule has 3 aromatic carbocycles. The molecule has 0 aliphatic rings. The van der Waals surface area contributed by atoms with E-state index < -0.39 is 128 Å². The van der Waals surface area contributed by atoms with E-state index >= 15 is 0 Å². The molecule has 0 bridgehead atoms. The molecule has 0 amide bonds. The second-order valence-electron chi connectivity index (χ2n) is 8.47. The van der Waals surface area contributed by atoms with Crippen LogP contribution in [0.4, 0.5) is 51.2 Å². The predicted molar refractivity (Wildman–Crippen MR) is 147 cm³/mol. The molecule has 0 spiro atoms. The lowest BCUT2D eigenvalue weighted by Crippen LogP contribution is -2.16. The zero-order valence-electron chi connectivity index (χ0n) is 22.8. The number of hydrogen-bond acceptors (Lipinski definition) is 22. The van der Waals surface area contributed by atoms with Gasteiger partial charge in [0.1, 0.15) is 0 Å². The minimum Gasteiger partial charge on any atom is -0.436 e. The molecule has 0 unspecified atom stereocenters. The van der Waals surface area contributed by atoms with Gasteiger partial charge >= 0.3 is 61.4 Å². The van der Waals surface area contributed by atoms with Crippen LogP contribution >= 0.6 is 0 Å². The van der Waals surface area contributed by atoms with Gasteiger partial charge in [-0.15, -0.1) is 0 Å². The Bertz CT molecular complexity index is 2220. The first-order valence-electron chi connectivity index (χ1n) is 11.5.